The number of amides is 1. The molecule has 2 aromatic carbocycles. The van der Waals surface area contributed by atoms with E-state index in [9.17, 15) is 18.3 Å². The number of carbonyl (C=O) groups is 1. The molecular weight excluding hydrogens is 520 g/mol. The lowest BCUT2D eigenvalue weighted by Gasteiger charge is -2.38. The third-order valence-electron chi connectivity index (χ3n) is 6.34. The first-order chi connectivity index (χ1) is 17.2. The molecule has 1 aliphatic heterocycles. The van der Waals surface area contributed by atoms with Crippen molar-refractivity contribution in [2.75, 3.05) is 13.1 Å². The summed E-state index contributed by atoms with van der Waals surface area (Å²) in [5.74, 6) is -0.359. The molecule has 3 heterocycles. The maximum absolute atomic E-state index is 13.1. The molecule has 4 aromatic rings. The van der Waals surface area contributed by atoms with Gasteiger partial charge in [-0.1, -0.05) is 29.8 Å². The summed E-state index contributed by atoms with van der Waals surface area (Å²) in [5.41, 5.74) is 0.993. The lowest BCUT2D eigenvalue weighted by atomic mass is 9.88. The number of thiazole rings is 1. The minimum atomic E-state index is -3.67. The SMILES string of the molecule is O=C(c1ccc(CS(=O)(=O)c2cccc3nccnc23)cc1)N1CCC(O)(Cc2nc(Cl)cs2)CC1. The smallest absolute Gasteiger partial charge is 0.253 e. The Labute approximate surface area is 217 Å². The molecule has 186 valence electrons. The number of fused-ring (bicyclic) bond motifs is 1. The van der Waals surface area contributed by atoms with Gasteiger partial charge in [0.25, 0.3) is 5.91 Å². The van der Waals surface area contributed by atoms with Crippen LogP contribution in [0.4, 0.5) is 0 Å². The molecule has 11 heteroatoms. The number of hydrogen-bond acceptors (Lipinski definition) is 8. The van der Waals surface area contributed by atoms with Crippen molar-refractivity contribution in [3.63, 3.8) is 0 Å². The predicted molar refractivity (Wildman–Crippen MR) is 138 cm³/mol. The van der Waals surface area contributed by atoms with Crippen molar-refractivity contribution in [2.45, 2.75) is 35.5 Å². The second-order valence-corrected chi connectivity index (χ2v) is 12.2. The van der Waals surface area contributed by atoms with E-state index in [1.807, 2.05) is 0 Å². The van der Waals surface area contributed by atoms with E-state index in [-0.39, 0.29) is 16.6 Å². The summed E-state index contributed by atoms with van der Waals surface area (Å²) in [6.07, 6.45) is 4.30. The average Bonchev–Trinajstić information content (AvgIpc) is 3.27. The number of hydrogen-bond donors (Lipinski definition) is 1. The number of aromatic nitrogens is 3. The van der Waals surface area contributed by atoms with Crippen LogP contribution in [0.15, 0.2) is 65.1 Å². The first-order valence-corrected chi connectivity index (χ1v) is 14.3. The van der Waals surface area contributed by atoms with Crippen molar-refractivity contribution >= 4 is 49.7 Å². The zero-order valence-electron chi connectivity index (χ0n) is 19.2. The summed E-state index contributed by atoms with van der Waals surface area (Å²) >= 11 is 7.30. The lowest BCUT2D eigenvalue weighted by Crippen LogP contribution is -2.47. The Kier molecular flexibility index (Phi) is 6.78. The Morgan fingerprint density at radius 2 is 1.81 bits per heavy atom. The molecule has 0 spiro atoms. The monoisotopic (exact) mass is 542 g/mol. The highest BCUT2D eigenvalue weighted by atomic mass is 35.5. The molecule has 1 saturated heterocycles. The first-order valence-electron chi connectivity index (χ1n) is 11.4. The average molecular weight is 543 g/mol. The molecule has 0 saturated carbocycles. The van der Waals surface area contributed by atoms with Gasteiger partial charge in [0, 0.05) is 42.8 Å². The number of halogens is 1. The number of likely N-dealkylation sites (tertiary alicyclic amines) is 1. The maximum atomic E-state index is 13.1. The highest BCUT2D eigenvalue weighted by Gasteiger charge is 2.35. The van der Waals surface area contributed by atoms with Crippen molar-refractivity contribution in [1.29, 1.82) is 0 Å². The number of piperidine rings is 1. The fourth-order valence-electron chi connectivity index (χ4n) is 4.39. The number of nitrogens with zero attached hydrogens (tertiary/aromatic N) is 4. The van der Waals surface area contributed by atoms with Gasteiger partial charge in [0.2, 0.25) is 0 Å². The molecule has 1 amide bonds. The molecule has 1 fully saturated rings. The van der Waals surface area contributed by atoms with E-state index in [0.29, 0.717) is 59.7 Å². The van der Waals surface area contributed by atoms with Crippen LogP contribution in [0, 0.1) is 0 Å². The van der Waals surface area contributed by atoms with E-state index in [2.05, 4.69) is 15.0 Å². The van der Waals surface area contributed by atoms with Gasteiger partial charge < -0.3 is 10.0 Å². The van der Waals surface area contributed by atoms with E-state index in [1.165, 1.54) is 29.8 Å². The van der Waals surface area contributed by atoms with Gasteiger partial charge in [-0.3, -0.25) is 14.8 Å². The van der Waals surface area contributed by atoms with Crippen molar-refractivity contribution in [1.82, 2.24) is 19.9 Å². The van der Waals surface area contributed by atoms with Crippen LogP contribution in [0.3, 0.4) is 0 Å². The molecule has 36 heavy (non-hydrogen) atoms. The molecule has 1 aliphatic rings. The Bertz CT molecular complexity index is 1510. The van der Waals surface area contributed by atoms with E-state index in [0.717, 1.165) is 5.01 Å². The molecule has 2 aromatic heterocycles. The number of aliphatic hydroxyl groups is 1. The van der Waals surface area contributed by atoms with Gasteiger partial charge in [-0.2, -0.15) is 0 Å². The van der Waals surface area contributed by atoms with Gasteiger partial charge in [-0.05, 0) is 42.7 Å². The van der Waals surface area contributed by atoms with Crippen LogP contribution in [-0.4, -0.2) is 58.0 Å². The molecule has 0 unspecified atom stereocenters. The van der Waals surface area contributed by atoms with Crippen molar-refractivity contribution in [2.24, 2.45) is 0 Å². The van der Waals surface area contributed by atoms with Gasteiger partial charge >= 0.3 is 0 Å². The highest BCUT2D eigenvalue weighted by Crippen LogP contribution is 2.29. The normalized spacial score (nSPS) is 15.8. The second kappa shape index (κ2) is 9.85. The van der Waals surface area contributed by atoms with Crippen LogP contribution in [0.5, 0.6) is 0 Å². The molecule has 1 N–H and O–H groups in total. The third-order valence-corrected chi connectivity index (χ3v) is 9.22. The standard InChI is InChI=1S/C25H23ClN4O4S2/c26-21-15-35-22(29-21)14-25(32)8-12-30(13-9-25)24(31)18-6-4-17(5-7-18)16-36(33,34)20-3-1-2-19-23(20)28-11-10-27-19/h1-7,10-11,15,32H,8-9,12-14,16H2. The first kappa shape index (κ1) is 24.8. The fourth-order valence-corrected chi connectivity index (χ4v) is 6.99. The third kappa shape index (κ3) is 5.27. The fraction of sp³-hybridized carbons (Fsp3) is 0.280. The van der Waals surface area contributed by atoms with Crippen molar-refractivity contribution < 1.29 is 18.3 Å². The Morgan fingerprint density at radius 3 is 2.50 bits per heavy atom. The molecule has 0 aliphatic carbocycles. The highest BCUT2D eigenvalue weighted by molar-refractivity contribution is 7.90. The number of para-hydroxylation sites is 1. The minimum Gasteiger partial charge on any atom is -0.389 e. The number of rotatable bonds is 6. The van der Waals surface area contributed by atoms with E-state index in [1.54, 1.807) is 46.7 Å². The van der Waals surface area contributed by atoms with Gasteiger partial charge in [-0.15, -0.1) is 11.3 Å². The maximum Gasteiger partial charge on any atom is 0.253 e. The van der Waals surface area contributed by atoms with Gasteiger partial charge in [-0.25, -0.2) is 13.4 Å². The topological polar surface area (TPSA) is 113 Å². The molecule has 8 nitrogen and oxygen atoms in total. The number of sulfone groups is 1. The largest absolute Gasteiger partial charge is 0.389 e. The lowest BCUT2D eigenvalue weighted by molar-refractivity contribution is -0.0162. The van der Waals surface area contributed by atoms with Crippen molar-refractivity contribution in [3.05, 3.63) is 81.5 Å². The molecule has 5 rings (SSSR count). The number of benzene rings is 2. The van der Waals surface area contributed by atoms with Crippen LogP contribution in [-0.2, 0) is 22.0 Å². The zero-order valence-corrected chi connectivity index (χ0v) is 21.6. The Balaban J connectivity index is 1.24. The van der Waals surface area contributed by atoms with Gasteiger partial charge in [0.15, 0.2) is 9.84 Å². The summed E-state index contributed by atoms with van der Waals surface area (Å²) in [6.45, 7) is 0.847. The quantitative estimate of drug-likeness (QED) is 0.393. The van der Waals surface area contributed by atoms with E-state index < -0.39 is 15.4 Å². The predicted octanol–water partition coefficient (Wildman–Crippen LogP) is 3.92. The zero-order chi connectivity index (χ0) is 25.3. The molecule has 0 atom stereocenters. The second-order valence-electron chi connectivity index (χ2n) is 8.89. The summed E-state index contributed by atoms with van der Waals surface area (Å²) < 4.78 is 26.2. The van der Waals surface area contributed by atoms with Crippen LogP contribution >= 0.6 is 22.9 Å². The Morgan fingerprint density at radius 1 is 1.08 bits per heavy atom. The number of carbonyl (C=O) groups excluding carboxylic acids is 1. The molecular formula is C25H23ClN4O4S2. The van der Waals surface area contributed by atoms with Crippen LogP contribution < -0.4 is 0 Å². The summed E-state index contributed by atoms with van der Waals surface area (Å²) in [7, 11) is -3.67. The summed E-state index contributed by atoms with van der Waals surface area (Å²) in [4.78, 5) is 27.4. The van der Waals surface area contributed by atoms with Gasteiger partial charge in [0.05, 0.1) is 26.8 Å². The van der Waals surface area contributed by atoms with Gasteiger partial charge in [0.1, 0.15) is 10.7 Å². The summed E-state index contributed by atoms with van der Waals surface area (Å²) in [5, 5.41) is 13.9. The molecule has 0 bridgehead atoms. The Hall–Kier alpha value is -2.92. The van der Waals surface area contributed by atoms with E-state index in [4.69, 9.17) is 11.6 Å². The van der Waals surface area contributed by atoms with Crippen LogP contribution in [0.1, 0.15) is 33.8 Å². The van der Waals surface area contributed by atoms with Crippen LogP contribution in [0.2, 0.25) is 5.15 Å². The van der Waals surface area contributed by atoms with Crippen molar-refractivity contribution in [3.8, 4) is 0 Å². The van der Waals surface area contributed by atoms with E-state index >= 15 is 0 Å². The van der Waals surface area contributed by atoms with Crippen LogP contribution in [0.25, 0.3) is 11.0 Å². The molecule has 0 radical (unpaired) electrons. The summed E-state index contributed by atoms with van der Waals surface area (Å²) in [6, 6.07) is 11.5. The minimum absolute atomic E-state index is 0.133.